The average Bonchev–Trinajstić information content (AvgIpc) is 2.84. The topological polar surface area (TPSA) is 102 Å². The normalized spacial score (nSPS) is 14.4. The Morgan fingerprint density at radius 1 is 1.11 bits per heavy atom. The monoisotopic (exact) mass is 390 g/mol. The summed E-state index contributed by atoms with van der Waals surface area (Å²) in [5, 5.41) is 2.58. The molecule has 0 unspecified atom stereocenters. The minimum absolute atomic E-state index is 0.0602. The molecule has 0 atom stereocenters. The van der Waals surface area contributed by atoms with E-state index in [1.54, 1.807) is 26.0 Å². The molecule has 1 heterocycles. The van der Waals surface area contributed by atoms with Crippen molar-refractivity contribution in [3.05, 3.63) is 29.8 Å². The van der Waals surface area contributed by atoms with Crippen LogP contribution in [0.2, 0.25) is 0 Å². The second kappa shape index (κ2) is 10.4. The maximum atomic E-state index is 11.9. The highest BCUT2D eigenvalue weighted by molar-refractivity contribution is 5.94. The van der Waals surface area contributed by atoms with Gasteiger partial charge in [0.25, 0.3) is 5.91 Å². The van der Waals surface area contributed by atoms with E-state index in [9.17, 15) is 19.2 Å². The third kappa shape index (κ3) is 7.02. The first-order chi connectivity index (χ1) is 13.3. The lowest BCUT2D eigenvalue weighted by molar-refractivity contribution is -0.151. The van der Waals surface area contributed by atoms with E-state index < -0.39 is 24.5 Å². The van der Waals surface area contributed by atoms with Crippen LogP contribution in [-0.4, -0.2) is 54.5 Å². The summed E-state index contributed by atoms with van der Waals surface area (Å²) in [6.45, 7) is 3.47. The van der Waals surface area contributed by atoms with Crippen LogP contribution in [0.15, 0.2) is 24.3 Å². The largest absolute Gasteiger partial charge is 0.459 e. The van der Waals surface area contributed by atoms with Gasteiger partial charge in [-0.2, -0.15) is 0 Å². The molecular formula is C20H26N2O6. The number of esters is 2. The summed E-state index contributed by atoms with van der Waals surface area (Å²) in [5.74, 6) is -1.62. The summed E-state index contributed by atoms with van der Waals surface area (Å²) in [6.07, 6.45) is 2.88. The Morgan fingerprint density at radius 3 is 2.50 bits per heavy atom. The van der Waals surface area contributed by atoms with Crippen LogP contribution in [0.25, 0.3) is 0 Å². The van der Waals surface area contributed by atoms with Gasteiger partial charge in [0, 0.05) is 18.7 Å². The number of hydrogen-bond acceptors (Lipinski definition) is 6. The van der Waals surface area contributed by atoms with Gasteiger partial charge < -0.3 is 19.7 Å². The molecule has 0 aromatic heterocycles. The van der Waals surface area contributed by atoms with Crippen molar-refractivity contribution in [2.75, 3.05) is 25.0 Å². The first kappa shape index (κ1) is 21.4. The molecule has 1 aromatic rings. The fourth-order valence-electron chi connectivity index (χ4n) is 2.72. The Kier molecular flexibility index (Phi) is 7.98. The van der Waals surface area contributed by atoms with E-state index in [1.807, 2.05) is 0 Å². The Balaban J connectivity index is 1.76. The summed E-state index contributed by atoms with van der Waals surface area (Å²) in [7, 11) is 0. The summed E-state index contributed by atoms with van der Waals surface area (Å²) in [6, 6.07) is 6.20. The van der Waals surface area contributed by atoms with Gasteiger partial charge in [0.15, 0.2) is 6.61 Å². The van der Waals surface area contributed by atoms with E-state index in [2.05, 4.69) is 5.32 Å². The van der Waals surface area contributed by atoms with Crippen molar-refractivity contribution in [3.8, 4) is 0 Å². The standard InChI is InChI=1S/C20H26N2O6/c1-14(2)28-20(26)15-7-9-16(10-8-15)21-17(23)13-27-19(25)12-22-11-5-3-4-6-18(22)24/h7-10,14H,3-6,11-13H2,1-2H3,(H,21,23). The lowest BCUT2D eigenvalue weighted by Gasteiger charge is -2.19. The molecule has 0 spiro atoms. The van der Waals surface area contributed by atoms with Crippen molar-refractivity contribution in [1.29, 1.82) is 0 Å². The van der Waals surface area contributed by atoms with Gasteiger partial charge in [-0.3, -0.25) is 14.4 Å². The number of carbonyl (C=O) groups excluding carboxylic acids is 4. The highest BCUT2D eigenvalue weighted by Gasteiger charge is 2.20. The van der Waals surface area contributed by atoms with Crippen molar-refractivity contribution in [3.63, 3.8) is 0 Å². The summed E-state index contributed by atoms with van der Waals surface area (Å²) in [4.78, 5) is 48.9. The Hall–Kier alpha value is -2.90. The van der Waals surface area contributed by atoms with Crippen molar-refractivity contribution >= 4 is 29.4 Å². The molecule has 0 saturated carbocycles. The van der Waals surface area contributed by atoms with E-state index in [1.165, 1.54) is 17.0 Å². The lowest BCUT2D eigenvalue weighted by Crippen LogP contribution is -2.36. The minimum Gasteiger partial charge on any atom is -0.459 e. The third-order valence-electron chi connectivity index (χ3n) is 4.10. The summed E-state index contributed by atoms with van der Waals surface area (Å²) >= 11 is 0. The molecule has 1 fully saturated rings. The third-order valence-corrected chi connectivity index (χ3v) is 4.10. The number of likely N-dealkylation sites (tertiary alicyclic amines) is 1. The number of rotatable bonds is 7. The van der Waals surface area contributed by atoms with Gasteiger partial charge in [-0.15, -0.1) is 0 Å². The maximum Gasteiger partial charge on any atom is 0.338 e. The molecule has 1 saturated heterocycles. The molecule has 2 amide bonds. The van der Waals surface area contributed by atoms with E-state index in [0.29, 0.717) is 24.2 Å². The van der Waals surface area contributed by atoms with Crippen LogP contribution in [-0.2, 0) is 23.9 Å². The Bertz CT molecular complexity index is 714. The van der Waals surface area contributed by atoms with Gasteiger partial charge in [-0.05, 0) is 51.0 Å². The summed E-state index contributed by atoms with van der Waals surface area (Å²) in [5.41, 5.74) is 0.838. The second-order valence-corrected chi connectivity index (χ2v) is 6.87. The first-order valence-corrected chi connectivity index (χ1v) is 9.39. The van der Waals surface area contributed by atoms with Crippen LogP contribution in [0.5, 0.6) is 0 Å². The zero-order chi connectivity index (χ0) is 20.5. The van der Waals surface area contributed by atoms with Crippen LogP contribution >= 0.6 is 0 Å². The van der Waals surface area contributed by atoms with E-state index in [0.717, 1.165) is 19.3 Å². The second-order valence-electron chi connectivity index (χ2n) is 6.87. The van der Waals surface area contributed by atoms with Gasteiger partial charge in [-0.1, -0.05) is 6.42 Å². The van der Waals surface area contributed by atoms with Gasteiger partial charge >= 0.3 is 11.9 Å². The fourth-order valence-corrected chi connectivity index (χ4v) is 2.72. The number of amides is 2. The van der Waals surface area contributed by atoms with Crippen LogP contribution in [0.4, 0.5) is 5.69 Å². The molecule has 1 aliphatic rings. The number of hydrogen-bond donors (Lipinski definition) is 1. The molecular weight excluding hydrogens is 364 g/mol. The zero-order valence-electron chi connectivity index (χ0n) is 16.2. The van der Waals surface area contributed by atoms with Gasteiger partial charge in [0.1, 0.15) is 6.54 Å². The van der Waals surface area contributed by atoms with Crippen LogP contribution in [0.3, 0.4) is 0 Å². The predicted octanol–water partition coefficient (Wildman–Crippen LogP) is 2.14. The lowest BCUT2D eigenvalue weighted by atomic mass is 10.2. The molecule has 0 bridgehead atoms. The highest BCUT2D eigenvalue weighted by Crippen LogP contribution is 2.12. The molecule has 8 nitrogen and oxygen atoms in total. The van der Waals surface area contributed by atoms with E-state index in [4.69, 9.17) is 9.47 Å². The molecule has 8 heteroatoms. The molecule has 0 radical (unpaired) electrons. The van der Waals surface area contributed by atoms with Gasteiger partial charge in [0.05, 0.1) is 11.7 Å². The quantitative estimate of drug-likeness (QED) is 0.716. The number of nitrogens with one attached hydrogen (secondary N) is 1. The van der Waals surface area contributed by atoms with Gasteiger partial charge in [-0.25, -0.2) is 4.79 Å². The van der Waals surface area contributed by atoms with E-state index in [-0.39, 0.29) is 18.6 Å². The number of anilines is 1. The Morgan fingerprint density at radius 2 is 1.82 bits per heavy atom. The summed E-state index contributed by atoms with van der Waals surface area (Å²) < 4.78 is 10.0. The minimum atomic E-state index is -0.614. The van der Waals surface area contributed by atoms with Crippen LogP contribution in [0.1, 0.15) is 49.9 Å². The highest BCUT2D eigenvalue weighted by atomic mass is 16.5. The number of benzene rings is 1. The molecule has 28 heavy (non-hydrogen) atoms. The first-order valence-electron chi connectivity index (χ1n) is 9.39. The number of carbonyl (C=O) groups is 4. The molecule has 0 aliphatic carbocycles. The molecule has 152 valence electrons. The smallest absolute Gasteiger partial charge is 0.338 e. The SMILES string of the molecule is CC(C)OC(=O)c1ccc(NC(=O)COC(=O)CN2CCCCCC2=O)cc1. The number of ether oxygens (including phenoxy) is 2. The van der Waals surface area contributed by atoms with Crippen molar-refractivity contribution < 1.29 is 28.7 Å². The molecule has 1 N–H and O–H groups in total. The van der Waals surface area contributed by atoms with E-state index >= 15 is 0 Å². The van der Waals surface area contributed by atoms with Crippen molar-refractivity contribution in [2.24, 2.45) is 0 Å². The maximum absolute atomic E-state index is 11.9. The van der Waals surface area contributed by atoms with Crippen LogP contribution < -0.4 is 5.32 Å². The average molecular weight is 390 g/mol. The van der Waals surface area contributed by atoms with Crippen molar-refractivity contribution in [1.82, 2.24) is 4.90 Å². The van der Waals surface area contributed by atoms with Crippen LogP contribution in [0, 0.1) is 0 Å². The molecule has 1 aliphatic heterocycles. The fraction of sp³-hybridized carbons (Fsp3) is 0.500. The molecule has 2 rings (SSSR count). The Labute approximate surface area is 164 Å². The predicted molar refractivity (Wildman–Crippen MR) is 102 cm³/mol. The van der Waals surface area contributed by atoms with Gasteiger partial charge in [0.2, 0.25) is 5.91 Å². The zero-order valence-corrected chi connectivity index (χ0v) is 16.2. The molecule has 1 aromatic carbocycles. The van der Waals surface area contributed by atoms with Crippen molar-refractivity contribution in [2.45, 2.75) is 45.6 Å². The number of nitrogens with zero attached hydrogens (tertiary/aromatic N) is 1.